The third-order valence-electron chi connectivity index (χ3n) is 3.14. The molecule has 0 aliphatic heterocycles. The molecule has 0 aromatic carbocycles. The van der Waals surface area contributed by atoms with Gasteiger partial charge in [-0.25, -0.2) is 13.1 Å². The number of carbonyl (C=O) groups is 1. The zero-order valence-electron chi connectivity index (χ0n) is 11.8. The molecule has 1 rings (SSSR count). The molecule has 0 amide bonds. The first kappa shape index (κ1) is 16.6. The van der Waals surface area contributed by atoms with Crippen LogP contribution in [0.2, 0.25) is 0 Å². The number of carboxylic acid groups (broad SMARTS) is 1. The molecular formula is C11H19N3O5S. The average molecular weight is 305 g/mol. The van der Waals surface area contributed by atoms with Gasteiger partial charge in [0.25, 0.3) is 0 Å². The first-order valence-corrected chi connectivity index (χ1v) is 7.34. The second-order valence-electron chi connectivity index (χ2n) is 5.56. The largest absolute Gasteiger partial charge is 0.480 e. The number of hydrogen-bond donors (Lipinski definition) is 3. The highest BCUT2D eigenvalue weighted by Crippen LogP contribution is 2.23. The van der Waals surface area contributed by atoms with Crippen LogP contribution in [-0.4, -0.2) is 45.5 Å². The lowest BCUT2D eigenvalue weighted by Gasteiger charge is -2.37. The van der Waals surface area contributed by atoms with E-state index in [1.807, 2.05) is 0 Å². The van der Waals surface area contributed by atoms with E-state index < -0.39 is 33.7 Å². The topological polar surface area (TPSA) is 122 Å². The summed E-state index contributed by atoms with van der Waals surface area (Å²) in [5, 5.41) is 22.2. The van der Waals surface area contributed by atoms with Crippen molar-refractivity contribution in [2.75, 3.05) is 0 Å². The fourth-order valence-corrected chi connectivity index (χ4v) is 2.71. The molecule has 1 heterocycles. The second-order valence-corrected chi connectivity index (χ2v) is 7.24. The quantitative estimate of drug-likeness (QED) is 0.669. The molecule has 1 aromatic rings. The number of aliphatic hydroxyl groups is 1. The molecule has 0 saturated heterocycles. The predicted molar refractivity (Wildman–Crippen MR) is 70.6 cm³/mol. The van der Waals surface area contributed by atoms with Crippen molar-refractivity contribution in [2.45, 2.75) is 50.3 Å². The van der Waals surface area contributed by atoms with Gasteiger partial charge < -0.3 is 10.2 Å². The predicted octanol–water partition coefficient (Wildman–Crippen LogP) is -0.205. The monoisotopic (exact) mass is 305 g/mol. The Bertz CT molecular complexity index is 598. The molecular weight excluding hydrogens is 286 g/mol. The van der Waals surface area contributed by atoms with Crippen LogP contribution in [0.4, 0.5) is 0 Å². The summed E-state index contributed by atoms with van der Waals surface area (Å²) in [5.41, 5.74) is -2.39. The van der Waals surface area contributed by atoms with Crippen LogP contribution in [0.5, 0.6) is 0 Å². The summed E-state index contributed by atoms with van der Waals surface area (Å²) in [6.07, 6.45) is 2.18. The first-order valence-electron chi connectivity index (χ1n) is 5.86. The molecule has 0 aliphatic rings. The van der Waals surface area contributed by atoms with Crippen molar-refractivity contribution in [3.63, 3.8) is 0 Å². The minimum atomic E-state index is -3.90. The van der Waals surface area contributed by atoms with Crippen LogP contribution >= 0.6 is 0 Å². The summed E-state index contributed by atoms with van der Waals surface area (Å²) in [4.78, 5) is 10.4. The lowest BCUT2D eigenvalue weighted by Crippen LogP contribution is -2.57. The van der Waals surface area contributed by atoms with Gasteiger partial charge >= 0.3 is 5.97 Å². The summed E-state index contributed by atoms with van der Waals surface area (Å²) in [7, 11) is -3.90. The number of nitrogens with one attached hydrogen (secondary N) is 1. The number of carboxylic acids is 1. The van der Waals surface area contributed by atoms with Crippen molar-refractivity contribution >= 4 is 16.0 Å². The van der Waals surface area contributed by atoms with Gasteiger partial charge in [0.15, 0.2) is 0 Å². The normalized spacial score (nSPS) is 13.4. The number of aliphatic carboxylic acids is 1. The molecule has 0 fully saturated rings. The molecule has 0 unspecified atom stereocenters. The van der Waals surface area contributed by atoms with Gasteiger partial charge in [0.2, 0.25) is 10.0 Å². The Kier molecular flexibility index (Phi) is 4.28. The van der Waals surface area contributed by atoms with Crippen LogP contribution < -0.4 is 4.72 Å². The highest BCUT2D eigenvalue weighted by atomic mass is 32.2. The van der Waals surface area contributed by atoms with Crippen LogP contribution in [0.15, 0.2) is 17.3 Å². The Labute approximate surface area is 117 Å². The fraction of sp³-hybridized carbons (Fsp3) is 0.636. The molecule has 0 spiro atoms. The highest BCUT2D eigenvalue weighted by Gasteiger charge is 2.39. The van der Waals surface area contributed by atoms with E-state index in [0.29, 0.717) is 0 Å². The molecule has 0 aliphatic carbocycles. The Morgan fingerprint density at radius 1 is 1.40 bits per heavy atom. The number of aromatic nitrogens is 2. The standard InChI is InChI=1S/C11H19N3O5S/c1-10(2,11(3,4)17)13-20(18,19)8-5-12-14(6-8)7-9(15)16/h5-6,13,17H,7H2,1-4H3,(H,15,16). The smallest absolute Gasteiger partial charge is 0.325 e. The van der Waals surface area contributed by atoms with Gasteiger partial charge in [-0.1, -0.05) is 0 Å². The van der Waals surface area contributed by atoms with Crippen molar-refractivity contribution < 1.29 is 23.4 Å². The van der Waals surface area contributed by atoms with Crippen molar-refractivity contribution in [1.82, 2.24) is 14.5 Å². The first-order chi connectivity index (χ1) is 8.85. The molecule has 9 heteroatoms. The van der Waals surface area contributed by atoms with Crippen molar-refractivity contribution in [3.05, 3.63) is 12.4 Å². The summed E-state index contributed by atoms with van der Waals surface area (Å²) in [6.45, 7) is 5.65. The lowest BCUT2D eigenvalue weighted by molar-refractivity contribution is -0.137. The average Bonchev–Trinajstić information content (AvgIpc) is 2.62. The van der Waals surface area contributed by atoms with Crippen LogP contribution in [-0.2, 0) is 21.4 Å². The number of hydrogen-bond acceptors (Lipinski definition) is 5. The van der Waals surface area contributed by atoms with Crippen LogP contribution in [0.3, 0.4) is 0 Å². The van der Waals surface area contributed by atoms with Gasteiger partial charge in [-0.3, -0.25) is 9.48 Å². The Hall–Kier alpha value is -1.45. The van der Waals surface area contributed by atoms with Gasteiger partial charge in [-0.05, 0) is 27.7 Å². The lowest BCUT2D eigenvalue weighted by atomic mass is 9.87. The van der Waals surface area contributed by atoms with Crippen molar-refractivity contribution in [2.24, 2.45) is 0 Å². The van der Waals surface area contributed by atoms with Crippen LogP contribution in [0.1, 0.15) is 27.7 Å². The molecule has 114 valence electrons. The number of nitrogens with zero attached hydrogens (tertiary/aromatic N) is 2. The number of rotatable bonds is 6. The summed E-state index contributed by atoms with van der Waals surface area (Å²) in [6, 6.07) is 0. The van der Waals surface area contributed by atoms with Gasteiger partial charge in [-0.2, -0.15) is 5.10 Å². The minimum Gasteiger partial charge on any atom is -0.480 e. The maximum absolute atomic E-state index is 12.2. The molecule has 0 bridgehead atoms. The molecule has 1 aromatic heterocycles. The van der Waals surface area contributed by atoms with Gasteiger partial charge in [0.1, 0.15) is 11.4 Å². The van der Waals surface area contributed by atoms with E-state index in [4.69, 9.17) is 5.11 Å². The van der Waals surface area contributed by atoms with E-state index in [9.17, 15) is 18.3 Å². The molecule has 3 N–H and O–H groups in total. The van der Waals surface area contributed by atoms with E-state index in [-0.39, 0.29) is 4.90 Å². The molecule has 0 atom stereocenters. The van der Waals surface area contributed by atoms with E-state index >= 15 is 0 Å². The third kappa shape index (κ3) is 3.78. The Morgan fingerprint density at radius 3 is 2.40 bits per heavy atom. The minimum absolute atomic E-state index is 0.156. The van der Waals surface area contributed by atoms with Crippen LogP contribution in [0.25, 0.3) is 0 Å². The summed E-state index contributed by atoms with van der Waals surface area (Å²) >= 11 is 0. The molecule has 0 saturated carbocycles. The zero-order chi connectivity index (χ0) is 15.8. The zero-order valence-corrected chi connectivity index (χ0v) is 12.6. The maximum Gasteiger partial charge on any atom is 0.325 e. The van der Waals surface area contributed by atoms with E-state index in [1.54, 1.807) is 13.8 Å². The van der Waals surface area contributed by atoms with Gasteiger partial charge in [0, 0.05) is 6.20 Å². The van der Waals surface area contributed by atoms with Gasteiger partial charge in [-0.15, -0.1) is 0 Å². The Morgan fingerprint density at radius 2 is 1.95 bits per heavy atom. The molecule has 0 radical (unpaired) electrons. The van der Waals surface area contributed by atoms with Crippen LogP contribution in [0, 0.1) is 0 Å². The summed E-state index contributed by atoms with van der Waals surface area (Å²) < 4.78 is 27.7. The molecule has 20 heavy (non-hydrogen) atoms. The van der Waals surface area contributed by atoms with Crippen molar-refractivity contribution in [3.8, 4) is 0 Å². The second kappa shape index (κ2) is 5.15. The van der Waals surface area contributed by atoms with Gasteiger partial charge in [0.05, 0.1) is 17.3 Å². The fourth-order valence-electron chi connectivity index (χ4n) is 1.23. The number of sulfonamides is 1. The molecule has 8 nitrogen and oxygen atoms in total. The maximum atomic E-state index is 12.2. The van der Waals surface area contributed by atoms with Crippen molar-refractivity contribution in [1.29, 1.82) is 0 Å². The third-order valence-corrected chi connectivity index (χ3v) is 4.75. The summed E-state index contributed by atoms with van der Waals surface area (Å²) in [5.74, 6) is -1.12. The Balaban J connectivity index is 3.00. The SMILES string of the molecule is CC(C)(O)C(C)(C)NS(=O)(=O)c1cnn(CC(=O)O)c1. The van der Waals surface area contributed by atoms with E-state index in [1.165, 1.54) is 13.8 Å². The van der Waals surface area contributed by atoms with E-state index in [0.717, 1.165) is 17.1 Å². The van der Waals surface area contributed by atoms with E-state index in [2.05, 4.69) is 9.82 Å². The highest BCUT2D eigenvalue weighted by molar-refractivity contribution is 7.89.